The number of hydrogen-bond donors (Lipinski definition) is 2. The molecule has 0 amide bonds. The fraction of sp³-hybridized carbons (Fsp3) is 0.545. The van der Waals surface area contributed by atoms with Gasteiger partial charge in [0.15, 0.2) is 0 Å². The first-order valence-electron chi connectivity index (χ1n) is 5.04. The number of nitrogens with zero attached hydrogens (tertiary/aromatic N) is 1. The Labute approximate surface area is 85.2 Å². The molecule has 1 aromatic heterocycles. The van der Waals surface area contributed by atoms with Crippen LogP contribution in [0.25, 0.3) is 0 Å². The molecule has 0 aromatic carbocycles. The number of rotatable bonds is 5. The standard InChI is InChI=1S/C11H18N2O/c1-3-13-11(5-7-14)10-8-12-6-4-9(10)2/h4,6,8,11,13-14H,3,5,7H2,1-2H3. The maximum absolute atomic E-state index is 8.96. The quantitative estimate of drug-likeness (QED) is 0.745. The van der Waals surface area contributed by atoms with Gasteiger partial charge in [0, 0.05) is 25.0 Å². The summed E-state index contributed by atoms with van der Waals surface area (Å²) in [6.07, 6.45) is 4.40. The summed E-state index contributed by atoms with van der Waals surface area (Å²) < 4.78 is 0. The fourth-order valence-electron chi connectivity index (χ4n) is 1.58. The summed E-state index contributed by atoms with van der Waals surface area (Å²) in [5.74, 6) is 0. The Hall–Kier alpha value is -0.930. The Morgan fingerprint density at radius 1 is 1.57 bits per heavy atom. The first kappa shape index (κ1) is 11.1. The predicted molar refractivity (Wildman–Crippen MR) is 57.1 cm³/mol. The van der Waals surface area contributed by atoms with E-state index in [9.17, 15) is 0 Å². The number of aliphatic hydroxyl groups is 1. The maximum atomic E-state index is 8.96. The maximum Gasteiger partial charge on any atom is 0.0449 e. The molecule has 3 heteroatoms. The van der Waals surface area contributed by atoms with E-state index in [1.807, 2.05) is 12.3 Å². The summed E-state index contributed by atoms with van der Waals surface area (Å²) in [4.78, 5) is 4.11. The molecule has 0 bridgehead atoms. The summed E-state index contributed by atoms with van der Waals surface area (Å²) >= 11 is 0. The van der Waals surface area contributed by atoms with Crippen molar-refractivity contribution in [2.75, 3.05) is 13.2 Å². The van der Waals surface area contributed by atoms with Crippen molar-refractivity contribution in [1.82, 2.24) is 10.3 Å². The Morgan fingerprint density at radius 2 is 2.36 bits per heavy atom. The van der Waals surface area contributed by atoms with Gasteiger partial charge in [0.2, 0.25) is 0 Å². The van der Waals surface area contributed by atoms with Crippen molar-refractivity contribution in [1.29, 1.82) is 0 Å². The van der Waals surface area contributed by atoms with Gasteiger partial charge in [-0.15, -0.1) is 0 Å². The van der Waals surface area contributed by atoms with Crippen LogP contribution in [-0.2, 0) is 0 Å². The van der Waals surface area contributed by atoms with Gasteiger partial charge in [-0.1, -0.05) is 6.92 Å². The summed E-state index contributed by atoms with van der Waals surface area (Å²) in [7, 11) is 0. The van der Waals surface area contributed by atoms with Crippen LogP contribution in [0.2, 0.25) is 0 Å². The Balaban J connectivity index is 2.81. The Bertz CT molecular complexity index is 270. The van der Waals surface area contributed by atoms with Gasteiger partial charge in [-0.3, -0.25) is 4.98 Å². The van der Waals surface area contributed by atoms with Crippen molar-refractivity contribution < 1.29 is 5.11 Å². The monoisotopic (exact) mass is 194 g/mol. The molecule has 1 rings (SSSR count). The average molecular weight is 194 g/mol. The summed E-state index contributed by atoms with van der Waals surface area (Å²) in [6.45, 7) is 5.24. The minimum atomic E-state index is 0.200. The lowest BCUT2D eigenvalue weighted by Crippen LogP contribution is -2.22. The third-order valence-electron chi connectivity index (χ3n) is 2.32. The smallest absolute Gasteiger partial charge is 0.0449 e. The van der Waals surface area contributed by atoms with Crippen LogP contribution < -0.4 is 5.32 Å². The van der Waals surface area contributed by atoms with Crippen molar-refractivity contribution in [3.05, 3.63) is 29.6 Å². The minimum Gasteiger partial charge on any atom is -0.396 e. The van der Waals surface area contributed by atoms with Crippen LogP contribution in [0.3, 0.4) is 0 Å². The normalized spacial score (nSPS) is 12.8. The number of nitrogens with one attached hydrogen (secondary N) is 1. The van der Waals surface area contributed by atoms with E-state index in [1.165, 1.54) is 11.1 Å². The van der Waals surface area contributed by atoms with E-state index in [4.69, 9.17) is 5.11 Å². The molecule has 0 saturated carbocycles. The van der Waals surface area contributed by atoms with E-state index in [1.54, 1.807) is 6.20 Å². The molecule has 0 radical (unpaired) electrons. The molecule has 1 unspecified atom stereocenters. The van der Waals surface area contributed by atoms with Crippen LogP contribution in [0.4, 0.5) is 0 Å². The van der Waals surface area contributed by atoms with Gasteiger partial charge in [-0.2, -0.15) is 0 Å². The van der Waals surface area contributed by atoms with E-state index in [0.29, 0.717) is 0 Å². The second-order valence-electron chi connectivity index (χ2n) is 3.35. The highest BCUT2D eigenvalue weighted by molar-refractivity contribution is 5.24. The molecule has 0 spiro atoms. The van der Waals surface area contributed by atoms with Crippen LogP contribution in [0.15, 0.2) is 18.5 Å². The van der Waals surface area contributed by atoms with Crippen LogP contribution in [-0.4, -0.2) is 23.2 Å². The minimum absolute atomic E-state index is 0.200. The Morgan fingerprint density at radius 3 is 2.93 bits per heavy atom. The summed E-state index contributed by atoms with van der Waals surface area (Å²) in [5.41, 5.74) is 2.41. The van der Waals surface area contributed by atoms with Crippen LogP contribution in [0.1, 0.15) is 30.5 Å². The van der Waals surface area contributed by atoms with Crippen LogP contribution in [0, 0.1) is 6.92 Å². The first-order valence-corrected chi connectivity index (χ1v) is 5.04. The lowest BCUT2D eigenvalue weighted by atomic mass is 10.0. The molecule has 78 valence electrons. The van der Waals surface area contributed by atoms with Gasteiger partial charge in [-0.25, -0.2) is 0 Å². The van der Waals surface area contributed by atoms with Gasteiger partial charge in [-0.05, 0) is 37.1 Å². The molecule has 3 nitrogen and oxygen atoms in total. The average Bonchev–Trinajstić information content (AvgIpc) is 2.18. The molecule has 2 N–H and O–H groups in total. The highest BCUT2D eigenvalue weighted by Gasteiger charge is 2.11. The molecule has 0 aliphatic rings. The molecule has 0 saturated heterocycles. The fourth-order valence-corrected chi connectivity index (χ4v) is 1.58. The van der Waals surface area contributed by atoms with Crippen molar-refractivity contribution >= 4 is 0 Å². The van der Waals surface area contributed by atoms with E-state index in [2.05, 4.69) is 24.1 Å². The van der Waals surface area contributed by atoms with E-state index < -0.39 is 0 Å². The lowest BCUT2D eigenvalue weighted by molar-refractivity contribution is 0.266. The third-order valence-corrected chi connectivity index (χ3v) is 2.32. The predicted octanol–water partition coefficient (Wildman–Crippen LogP) is 1.42. The molecule has 0 aliphatic carbocycles. The lowest BCUT2D eigenvalue weighted by Gasteiger charge is -2.18. The van der Waals surface area contributed by atoms with Gasteiger partial charge in [0.1, 0.15) is 0 Å². The second-order valence-corrected chi connectivity index (χ2v) is 3.35. The number of aliphatic hydroxyl groups excluding tert-OH is 1. The molecule has 0 fully saturated rings. The highest BCUT2D eigenvalue weighted by atomic mass is 16.3. The van der Waals surface area contributed by atoms with Crippen molar-refractivity contribution in [3.63, 3.8) is 0 Å². The zero-order chi connectivity index (χ0) is 10.4. The SMILES string of the molecule is CCNC(CCO)c1cnccc1C. The number of pyridine rings is 1. The van der Waals surface area contributed by atoms with E-state index >= 15 is 0 Å². The summed E-state index contributed by atoms with van der Waals surface area (Å²) in [5, 5.41) is 12.3. The van der Waals surface area contributed by atoms with Crippen LogP contribution >= 0.6 is 0 Å². The zero-order valence-corrected chi connectivity index (χ0v) is 8.83. The van der Waals surface area contributed by atoms with Gasteiger partial charge in [0.05, 0.1) is 0 Å². The highest BCUT2D eigenvalue weighted by Crippen LogP contribution is 2.18. The van der Waals surface area contributed by atoms with Crippen molar-refractivity contribution in [2.45, 2.75) is 26.3 Å². The molecule has 0 aliphatic heterocycles. The van der Waals surface area contributed by atoms with Crippen LogP contribution in [0.5, 0.6) is 0 Å². The van der Waals surface area contributed by atoms with Gasteiger partial charge in [0.25, 0.3) is 0 Å². The van der Waals surface area contributed by atoms with Gasteiger partial charge < -0.3 is 10.4 Å². The van der Waals surface area contributed by atoms with E-state index in [0.717, 1.165) is 13.0 Å². The van der Waals surface area contributed by atoms with E-state index in [-0.39, 0.29) is 12.6 Å². The third kappa shape index (κ3) is 2.79. The number of hydrogen-bond acceptors (Lipinski definition) is 3. The van der Waals surface area contributed by atoms with Crippen molar-refractivity contribution in [3.8, 4) is 0 Å². The molecular weight excluding hydrogens is 176 g/mol. The molecular formula is C11H18N2O. The van der Waals surface area contributed by atoms with Gasteiger partial charge >= 0.3 is 0 Å². The molecule has 1 aromatic rings. The first-order chi connectivity index (χ1) is 6.79. The van der Waals surface area contributed by atoms with Crippen molar-refractivity contribution in [2.24, 2.45) is 0 Å². The zero-order valence-electron chi connectivity index (χ0n) is 8.83. The summed E-state index contributed by atoms with van der Waals surface area (Å²) in [6, 6.07) is 2.22. The molecule has 14 heavy (non-hydrogen) atoms. The number of aryl methyl sites for hydroxylation is 1. The second kappa shape index (κ2) is 5.73. The topological polar surface area (TPSA) is 45.1 Å². The molecule has 1 heterocycles. The largest absolute Gasteiger partial charge is 0.396 e. The molecule has 1 atom stereocenters. The number of aromatic nitrogens is 1. The Kier molecular flexibility index (Phi) is 4.56.